The zero-order valence-corrected chi connectivity index (χ0v) is 13.7. The lowest BCUT2D eigenvalue weighted by Crippen LogP contribution is -1.93. The molecule has 0 radical (unpaired) electrons. The standard InChI is InChI=1S/C14H16BrNS2/c1-3-10(2)17-9-14-16-13(8-18-14)11-4-6-12(15)7-5-11/h4-8,10H,3,9H2,1-2H3. The molecule has 1 atom stereocenters. The lowest BCUT2D eigenvalue weighted by Gasteiger charge is -2.05. The van der Waals surface area contributed by atoms with Crippen molar-refractivity contribution in [2.45, 2.75) is 31.3 Å². The van der Waals surface area contributed by atoms with E-state index >= 15 is 0 Å². The fourth-order valence-corrected chi connectivity index (χ4v) is 3.52. The number of hydrogen-bond donors (Lipinski definition) is 0. The number of thioether (sulfide) groups is 1. The monoisotopic (exact) mass is 341 g/mol. The molecule has 0 saturated heterocycles. The first-order valence-corrected chi connectivity index (χ1v) is 8.73. The molecule has 1 aromatic carbocycles. The lowest BCUT2D eigenvalue weighted by atomic mass is 10.2. The molecular weight excluding hydrogens is 326 g/mol. The van der Waals surface area contributed by atoms with Crippen LogP contribution in [0, 0.1) is 0 Å². The zero-order chi connectivity index (χ0) is 13.0. The molecule has 18 heavy (non-hydrogen) atoms. The van der Waals surface area contributed by atoms with Crippen molar-refractivity contribution >= 4 is 39.0 Å². The molecule has 1 aromatic heterocycles. The van der Waals surface area contributed by atoms with Crippen molar-refractivity contribution in [3.05, 3.63) is 39.1 Å². The topological polar surface area (TPSA) is 12.9 Å². The number of thiazole rings is 1. The number of aromatic nitrogens is 1. The molecule has 4 heteroatoms. The van der Waals surface area contributed by atoms with E-state index in [2.05, 4.69) is 59.4 Å². The number of rotatable bonds is 5. The summed E-state index contributed by atoms with van der Waals surface area (Å²) in [4.78, 5) is 4.70. The van der Waals surface area contributed by atoms with Gasteiger partial charge in [0.15, 0.2) is 0 Å². The average molecular weight is 342 g/mol. The van der Waals surface area contributed by atoms with Gasteiger partial charge in [-0.25, -0.2) is 4.98 Å². The summed E-state index contributed by atoms with van der Waals surface area (Å²) in [5.41, 5.74) is 2.28. The van der Waals surface area contributed by atoms with Crippen molar-refractivity contribution in [1.29, 1.82) is 0 Å². The van der Waals surface area contributed by atoms with Crippen molar-refractivity contribution in [2.24, 2.45) is 0 Å². The first-order chi connectivity index (χ1) is 8.69. The van der Waals surface area contributed by atoms with Crippen LogP contribution in [0.25, 0.3) is 11.3 Å². The van der Waals surface area contributed by atoms with Crippen LogP contribution in [0.4, 0.5) is 0 Å². The highest BCUT2D eigenvalue weighted by Gasteiger charge is 2.06. The third-order valence-electron chi connectivity index (χ3n) is 2.76. The molecule has 2 rings (SSSR count). The molecule has 0 spiro atoms. The largest absolute Gasteiger partial charge is 0.240 e. The van der Waals surface area contributed by atoms with Gasteiger partial charge in [-0.3, -0.25) is 0 Å². The minimum Gasteiger partial charge on any atom is -0.240 e. The lowest BCUT2D eigenvalue weighted by molar-refractivity contribution is 0.905. The van der Waals surface area contributed by atoms with Crippen LogP contribution in [0.1, 0.15) is 25.3 Å². The fraction of sp³-hybridized carbons (Fsp3) is 0.357. The Hall–Kier alpha value is -0.320. The third-order valence-corrected chi connectivity index (χ3v) is 5.66. The van der Waals surface area contributed by atoms with E-state index in [-0.39, 0.29) is 0 Å². The predicted octanol–water partition coefficient (Wildman–Crippen LogP) is 5.60. The number of benzene rings is 1. The molecule has 0 fully saturated rings. The van der Waals surface area contributed by atoms with E-state index in [1.165, 1.54) is 17.0 Å². The van der Waals surface area contributed by atoms with E-state index in [1.807, 2.05) is 11.8 Å². The van der Waals surface area contributed by atoms with E-state index in [9.17, 15) is 0 Å². The summed E-state index contributed by atoms with van der Waals surface area (Å²) < 4.78 is 1.11. The molecule has 0 aliphatic heterocycles. The van der Waals surface area contributed by atoms with Gasteiger partial charge in [0, 0.05) is 26.4 Å². The second-order valence-electron chi connectivity index (χ2n) is 4.16. The van der Waals surface area contributed by atoms with E-state index in [4.69, 9.17) is 4.98 Å². The molecule has 2 aromatic rings. The summed E-state index contributed by atoms with van der Waals surface area (Å²) in [6.07, 6.45) is 1.22. The van der Waals surface area contributed by atoms with Crippen molar-refractivity contribution in [3.63, 3.8) is 0 Å². The Kier molecular flexibility index (Phi) is 5.27. The fourth-order valence-electron chi connectivity index (χ4n) is 1.46. The van der Waals surface area contributed by atoms with Gasteiger partial charge in [0.1, 0.15) is 5.01 Å². The quantitative estimate of drug-likeness (QED) is 0.701. The highest BCUT2D eigenvalue weighted by atomic mass is 79.9. The van der Waals surface area contributed by atoms with E-state index in [0.29, 0.717) is 5.25 Å². The first kappa shape index (κ1) is 14.1. The Morgan fingerprint density at radius 3 is 2.72 bits per heavy atom. The Morgan fingerprint density at radius 2 is 2.06 bits per heavy atom. The summed E-state index contributed by atoms with van der Waals surface area (Å²) in [5, 5.41) is 4.08. The van der Waals surface area contributed by atoms with Gasteiger partial charge >= 0.3 is 0 Å². The van der Waals surface area contributed by atoms with Gasteiger partial charge in [0.05, 0.1) is 5.69 Å². The second-order valence-corrected chi connectivity index (χ2v) is 7.45. The minimum absolute atomic E-state index is 0.713. The summed E-state index contributed by atoms with van der Waals surface area (Å²) in [6, 6.07) is 8.32. The highest BCUT2D eigenvalue weighted by Crippen LogP contribution is 2.27. The van der Waals surface area contributed by atoms with Crippen molar-refractivity contribution in [2.75, 3.05) is 0 Å². The van der Waals surface area contributed by atoms with Crippen molar-refractivity contribution < 1.29 is 0 Å². The van der Waals surface area contributed by atoms with Gasteiger partial charge in [0.2, 0.25) is 0 Å². The Bertz CT molecular complexity index is 493. The molecule has 1 nitrogen and oxygen atoms in total. The predicted molar refractivity (Wildman–Crippen MR) is 86.3 cm³/mol. The summed E-state index contributed by atoms with van der Waals surface area (Å²) in [7, 11) is 0. The van der Waals surface area contributed by atoms with Gasteiger partial charge in [0.25, 0.3) is 0 Å². The smallest absolute Gasteiger partial charge is 0.103 e. The van der Waals surface area contributed by atoms with Crippen LogP contribution in [0.3, 0.4) is 0 Å². The van der Waals surface area contributed by atoms with Gasteiger partial charge < -0.3 is 0 Å². The summed E-state index contributed by atoms with van der Waals surface area (Å²) in [5.74, 6) is 1.02. The maximum absolute atomic E-state index is 4.70. The second kappa shape index (κ2) is 6.73. The highest BCUT2D eigenvalue weighted by molar-refractivity contribution is 9.10. The van der Waals surface area contributed by atoms with Crippen LogP contribution >= 0.6 is 39.0 Å². The van der Waals surface area contributed by atoms with Crippen LogP contribution in [0.5, 0.6) is 0 Å². The molecule has 0 aliphatic carbocycles. The third kappa shape index (κ3) is 3.84. The van der Waals surface area contributed by atoms with Crippen molar-refractivity contribution in [1.82, 2.24) is 4.98 Å². The van der Waals surface area contributed by atoms with Gasteiger partial charge in [-0.2, -0.15) is 11.8 Å². The molecule has 0 saturated carbocycles. The molecule has 0 amide bonds. The zero-order valence-electron chi connectivity index (χ0n) is 10.5. The number of nitrogens with zero attached hydrogens (tertiary/aromatic N) is 1. The van der Waals surface area contributed by atoms with Gasteiger partial charge in [-0.1, -0.05) is 41.9 Å². The van der Waals surface area contributed by atoms with Crippen LogP contribution in [0.2, 0.25) is 0 Å². The molecule has 1 unspecified atom stereocenters. The van der Waals surface area contributed by atoms with Crippen LogP contribution in [-0.2, 0) is 5.75 Å². The Morgan fingerprint density at radius 1 is 1.33 bits per heavy atom. The summed E-state index contributed by atoms with van der Waals surface area (Å²) >= 11 is 7.19. The number of halogens is 1. The molecular formula is C14H16BrNS2. The van der Waals surface area contributed by atoms with E-state index in [1.54, 1.807) is 11.3 Å². The summed E-state index contributed by atoms with van der Waals surface area (Å²) in [6.45, 7) is 4.50. The maximum atomic E-state index is 4.70. The normalized spacial score (nSPS) is 12.6. The Labute approximate surface area is 125 Å². The van der Waals surface area contributed by atoms with E-state index < -0.39 is 0 Å². The van der Waals surface area contributed by atoms with Crippen LogP contribution in [0.15, 0.2) is 34.1 Å². The molecule has 0 bridgehead atoms. The SMILES string of the molecule is CCC(C)SCc1nc(-c2ccc(Br)cc2)cs1. The first-order valence-electron chi connectivity index (χ1n) is 6.01. The molecule has 96 valence electrons. The van der Waals surface area contributed by atoms with Crippen LogP contribution in [-0.4, -0.2) is 10.2 Å². The molecule has 0 aliphatic rings. The van der Waals surface area contributed by atoms with Crippen molar-refractivity contribution in [3.8, 4) is 11.3 Å². The van der Waals surface area contributed by atoms with E-state index in [0.717, 1.165) is 15.9 Å². The Balaban J connectivity index is 2.03. The van der Waals surface area contributed by atoms with Gasteiger partial charge in [-0.15, -0.1) is 11.3 Å². The molecule has 0 N–H and O–H groups in total. The van der Waals surface area contributed by atoms with Crippen LogP contribution < -0.4 is 0 Å². The minimum atomic E-state index is 0.713. The average Bonchev–Trinajstić information content (AvgIpc) is 2.85. The van der Waals surface area contributed by atoms with Gasteiger partial charge in [-0.05, 0) is 18.6 Å². The number of hydrogen-bond acceptors (Lipinski definition) is 3. The molecule has 1 heterocycles. The maximum Gasteiger partial charge on any atom is 0.103 e.